The van der Waals surface area contributed by atoms with Gasteiger partial charge in [-0.3, -0.25) is 9.78 Å². The molecular formula is C12H10N2O3S. The molecule has 1 aliphatic rings. The van der Waals surface area contributed by atoms with Crippen molar-refractivity contribution in [2.75, 3.05) is 6.79 Å². The summed E-state index contributed by atoms with van der Waals surface area (Å²) in [5.41, 5.74) is 2.60. The number of rotatable bonds is 3. The van der Waals surface area contributed by atoms with Crippen LogP contribution in [0.3, 0.4) is 0 Å². The van der Waals surface area contributed by atoms with E-state index in [1.54, 1.807) is 11.7 Å². The summed E-state index contributed by atoms with van der Waals surface area (Å²) in [7, 11) is 0. The second kappa shape index (κ2) is 4.66. The normalized spacial score (nSPS) is 12.4. The molecule has 0 spiro atoms. The fraction of sp³-hybridized carbons (Fsp3) is 0.167. The van der Waals surface area contributed by atoms with Gasteiger partial charge in [-0.15, -0.1) is 11.3 Å². The Morgan fingerprint density at radius 2 is 2.28 bits per heavy atom. The smallest absolute Gasteiger partial charge is 0.263 e. The van der Waals surface area contributed by atoms with E-state index in [2.05, 4.69) is 10.3 Å². The molecule has 5 nitrogen and oxygen atoms in total. The first-order chi connectivity index (χ1) is 8.83. The van der Waals surface area contributed by atoms with E-state index in [0.29, 0.717) is 11.4 Å². The van der Waals surface area contributed by atoms with Gasteiger partial charge in [-0.05, 0) is 17.7 Å². The number of ether oxygens (including phenoxy) is 2. The quantitative estimate of drug-likeness (QED) is 0.916. The van der Waals surface area contributed by atoms with Crippen molar-refractivity contribution in [2.24, 2.45) is 0 Å². The Morgan fingerprint density at radius 1 is 1.39 bits per heavy atom. The monoisotopic (exact) mass is 262 g/mol. The predicted molar refractivity (Wildman–Crippen MR) is 65.8 cm³/mol. The van der Waals surface area contributed by atoms with Crippen molar-refractivity contribution >= 4 is 17.2 Å². The highest BCUT2D eigenvalue weighted by molar-refractivity contribution is 7.11. The SMILES string of the molecule is O=C(NCc1ccc2c(c1)OCO2)c1cncs1. The highest BCUT2D eigenvalue weighted by atomic mass is 32.1. The van der Waals surface area contributed by atoms with Crippen molar-refractivity contribution in [1.82, 2.24) is 10.3 Å². The molecule has 1 aliphatic heterocycles. The summed E-state index contributed by atoms with van der Waals surface area (Å²) in [6.07, 6.45) is 1.56. The molecule has 0 fully saturated rings. The summed E-state index contributed by atoms with van der Waals surface area (Å²) in [6.45, 7) is 0.708. The molecule has 0 bridgehead atoms. The largest absolute Gasteiger partial charge is 0.454 e. The Morgan fingerprint density at radius 3 is 3.11 bits per heavy atom. The van der Waals surface area contributed by atoms with Crippen molar-refractivity contribution in [1.29, 1.82) is 0 Å². The van der Waals surface area contributed by atoms with Gasteiger partial charge in [0.1, 0.15) is 4.88 Å². The van der Waals surface area contributed by atoms with E-state index in [9.17, 15) is 4.79 Å². The van der Waals surface area contributed by atoms with E-state index in [4.69, 9.17) is 9.47 Å². The van der Waals surface area contributed by atoms with E-state index in [1.807, 2.05) is 18.2 Å². The van der Waals surface area contributed by atoms with E-state index in [1.165, 1.54) is 11.3 Å². The van der Waals surface area contributed by atoms with Crippen LogP contribution in [0.5, 0.6) is 11.5 Å². The standard InChI is InChI=1S/C12H10N2O3S/c15-12(11-5-13-6-18-11)14-4-8-1-2-9-10(3-8)17-7-16-9/h1-3,5-6H,4,7H2,(H,14,15). The van der Waals surface area contributed by atoms with Gasteiger partial charge in [-0.25, -0.2) is 0 Å². The van der Waals surface area contributed by atoms with Crippen LogP contribution < -0.4 is 14.8 Å². The molecule has 0 radical (unpaired) electrons. The van der Waals surface area contributed by atoms with Gasteiger partial charge in [0, 0.05) is 6.54 Å². The number of fused-ring (bicyclic) bond motifs is 1. The zero-order valence-electron chi connectivity index (χ0n) is 9.38. The van der Waals surface area contributed by atoms with Crippen LogP contribution in [0.1, 0.15) is 15.2 Å². The van der Waals surface area contributed by atoms with Crippen molar-refractivity contribution < 1.29 is 14.3 Å². The van der Waals surface area contributed by atoms with Gasteiger partial charge in [0.15, 0.2) is 11.5 Å². The number of carbonyl (C=O) groups is 1. The van der Waals surface area contributed by atoms with Crippen molar-refractivity contribution in [3.63, 3.8) is 0 Å². The average Bonchev–Trinajstić information content (AvgIpc) is 3.05. The summed E-state index contributed by atoms with van der Waals surface area (Å²) >= 11 is 1.32. The number of aromatic nitrogens is 1. The lowest BCUT2D eigenvalue weighted by atomic mass is 10.2. The molecule has 6 heteroatoms. The molecule has 0 atom stereocenters. The minimum atomic E-state index is -0.116. The van der Waals surface area contributed by atoms with Crippen LogP contribution in [0.25, 0.3) is 0 Å². The van der Waals surface area contributed by atoms with Crippen LogP contribution in [0.4, 0.5) is 0 Å². The number of hydrogen-bond donors (Lipinski definition) is 1. The first-order valence-corrected chi connectivity index (χ1v) is 6.26. The van der Waals surface area contributed by atoms with E-state index < -0.39 is 0 Å². The van der Waals surface area contributed by atoms with Gasteiger partial charge in [0.25, 0.3) is 5.91 Å². The van der Waals surface area contributed by atoms with Gasteiger partial charge >= 0.3 is 0 Å². The maximum atomic E-state index is 11.7. The van der Waals surface area contributed by atoms with E-state index >= 15 is 0 Å². The molecule has 0 unspecified atom stereocenters. The molecule has 1 aromatic carbocycles. The van der Waals surface area contributed by atoms with Gasteiger partial charge in [-0.2, -0.15) is 0 Å². The highest BCUT2D eigenvalue weighted by Crippen LogP contribution is 2.32. The van der Waals surface area contributed by atoms with Crippen LogP contribution in [0.15, 0.2) is 29.9 Å². The highest BCUT2D eigenvalue weighted by Gasteiger charge is 2.13. The summed E-state index contributed by atoms with van der Waals surface area (Å²) < 4.78 is 10.5. The molecular weight excluding hydrogens is 252 g/mol. The molecule has 2 heterocycles. The second-order valence-electron chi connectivity index (χ2n) is 3.74. The second-order valence-corrected chi connectivity index (χ2v) is 4.62. The summed E-state index contributed by atoms with van der Waals surface area (Å²) in [5.74, 6) is 1.35. The molecule has 0 aliphatic carbocycles. The Balaban J connectivity index is 1.65. The Bertz CT molecular complexity index is 569. The van der Waals surface area contributed by atoms with Crippen molar-refractivity contribution in [3.05, 3.63) is 40.3 Å². The minimum absolute atomic E-state index is 0.116. The zero-order chi connectivity index (χ0) is 12.4. The lowest BCUT2D eigenvalue weighted by Crippen LogP contribution is -2.21. The fourth-order valence-corrected chi connectivity index (χ4v) is 2.18. The van der Waals surface area contributed by atoms with Crippen molar-refractivity contribution in [3.8, 4) is 11.5 Å². The molecule has 1 amide bonds. The minimum Gasteiger partial charge on any atom is -0.454 e. The lowest BCUT2D eigenvalue weighted by Gasteiger charge is -2.04. The Labute approximate surface area is 107 Å². The third-order valence-corrected chi connectivity index (χ3v) is 3.32. The van der Waals surface area contributed by atoms with E-state index in [0.717, 1.165) is 17.1 Å². The number of amides is 1. The Kier molecular flexibility index (Phi) is 2.85. The maximum absolute atomic E-state index is 11.7. The summed E-state index contributed by atoms with van der Waals surface area (Å²) in [5, 5.41) is 2.83. The molecule has 2 aromatic rings. The summed E-state index contributed by atoms with van der Waals surface area (Å²) in [4.78, 5) is 16.2. The molecule has 92 valence electrons. The number of nitrogens with one attached hydrogen (secondary N) is 1. The van der Waals surface area contributed by atoms with Crippen LogP contribution in [-0.2, 0) is 6.54 Å². The van der Waals surface area contributed by atoms with Crippen LogP contribution >= 0.6 is 11.3 Å². The van der Waals surface area contributed by atoms with Crippen LogP contribution in [0.2, 0.25) is 0 Å². The van der Waals surface area contributed by atoms with Gasteiger partial charge in [0.05, 0.1) is 11.7 Å². The van der Waals surface area contributed by atoms with Crippen LogP contribution in [-0.4, -0.2) is 17.7 Å². The van der Waals surface area contributed by atoms with Crippen LogP contribution in [0, 0.1) is 0 Å². The zero-order valence-corrected chi connectivity index (χ0v) is 10.2. The fourth-order valence-electron chi connectivity index (χ4n) is 1.65. The molecule has 0 saturated carbocycles. The average molecular weight is 262 g/mol. The van der Waals surface area contributed by atoms with Gasteiger partial charge in [0.2, 0.25) is 6.79 Å². The topological polar surface area (TPSA) is 60.5 Å². The number of thiazole rings is 1. The molecule has 0 saturated heterocycles. The third-order valence-electron chi connectivity index (χ3n) is 2.55. The first-order valence-electron chi connectivity index (χ1n) is 5.38. The third kappa shape index (κ3) is 2.14. The van der Waals surface area contributed by atoms with Crippen molar-refractivity contribution in [2.45, 2.75) is 6.54 Å². The molecule has 18 heavy (non-hydrogen) atoms. The molecule has 1 aromatic heterocycles. The molecule has 1 N–H and O–H groups in total. The maximum Gasteiger partial charge on any atom is 0.263 e. The number of carbonyl (C=O) groups excluding carboxylic acids is 1. The van der Waals surface area contributed by atoms with Gasteiger partial charge in [-0.1, -0.05) is 6.07 Å². The number of nitrogens with zero attached hydrogens (tertiary/aromatic N) is 1. The van der Waals surface area contributed by atoms with Gasteiger partial charge < -0.3 is 14.8 Å². The molecule has 3 rings (SSSR count). The Hall–Kier alpha value is -2.08. The first kappa shape index (κ1) is 11.0. The number of benzene rings is 1. The number of hydrogen-bond acceptors (Lipinski definition) is 5. The predicted octanol–water partition coefficient (Wildman–Crippen LogP) is 1.80. The lowest BCUT2D eigenvalue weighted by molar-refractivity contribution is 0.0954. The summed E-state index contributed by atoms with van der Waals surface area (Å²) in [6, 6.07) is 5.62. The van der Waals surface area contributed by atoms with E-state index in [-0.39, 0.29) is 12.7 Å².